The Morgan fingerprint density at radius 2 is 2.15 bits per heavy atom. The van der Waals surface area contributed by atoms with E-state index in [0.717, 1.165) is 6.42 Å². The third-order valence-corrected chi connectivity index (χ3v) is 1.58. The molecule has 0 saturated carbocycles. The second-order valence-electron chi connectivity index (χ2n) is 2.66. The van der Waals surface area contributed by atoms with Gasteiger partial charge in [0.15, 0.2) is 5.78 Å². The molecular formula is C9H16CuO3. The molecule has 0 fully saturated rings. The van der Waals surface area contributed by atoms with E-state index in [9.17, 15) is 9.90 Å². The Morgan fingerprint density at radius 3 is 2.54 bits per heavy atom. The monoisotopic (exact) mass is 235 g/mol. The quantitative estimate of drug-likeness (QED) is 0.449. The molecule has 0 bridgehead atoms. The summed E-state index contributed by atoms with van der Waals surface area (Å²) >= 11 is 0. The summed E-state index contributed by atoms with van der Waals surface area (Å²) in [6.45, 7) is 3.60. The minimum absolute atomic E-state index is 0. The van der Waals surface area contributed by atoms with E-state index in [1.54, 1.807) is 6.92 Å². The van der Waals surface area contributed by atoms with Crippen LogP contribution in [0.15, 0.2) is 11.8 Å². The van der Waals surface area contributed by atoms with Crippen molar-refractivity contribution in [3.8, 4) is 0 Å². The number of aliphatic hydroxyl groups excluding tert-OH is 1. The molecule has 0 aliphatic rings. The van der Waals surface area contributed by atoms with Crippen molar-refractivity contribution in [2.24, 2.45) is 0 Å². The minimum Gasteiger partial charge on any atom is -0.509 e. The van der Waals surface area contributed by atoms with Crippen LogP contribution in [0.1, 0.15) is 26.7 Å². The van der Waals surface area contributed by atoms with E-state index in [-0.39, 0.29) is 28.6 Å². The first-order valence-corrected chi connectivity index (χ1v) is 4.08. The minimum atomic E-state index is -0.397. The van der Waals surface area contributed by atoms with E-state index >= 15 is 0 Å². The molecule has 0 aromatic carbocycles. The van der Waals surface area contributed by atoms with Gasteiger partial charge in [-0.25, -0.2) is 0 Å². The van der Waals surface area contributed by atoms with Gasteiger partial charge >= 0.3 is 0 Å². The number of rotatable bonds is 5. The molecule has 0 spiro atoms. The maximum absolute atomic E-state index is 11.0. The fourth-order valence-corrected chi connectivity index (χ4v) is 0.722. The van der Waals surface area contributed by atoms with Crippen LogP contribution < -0.4 is 0 Å². The Bertz CT molecular complexity index is 178. The maximum atomic E-state index is 11.0. The van der Waals surface area contributed by atoms with Gasteiger partial charge in [-0.05, 0) is 13.3 Å². The molecule has 0 aliphatic heterocycles. The number of carbonyl (C=O) groups is 1. The standard InChI is InChI=1S/C9H16O3.Cu/c1-4-5-8(10)6-9(11)7(2)12-3;/h6-7,11H,4-5H2,1-3H3;/b9-6-;. The van der Waals surface area contributed by atoms with Crippen LogP contribution >= 0.6 is 0 Å². The number of hydrogen-bond donors (Lipinski definition) is 1. The molecule has 81 valence electrons. The largest absolute Gasteiger partial charge is 0.509 e. The topological polar surface area (TPSA) is 46.5 Å². The third kappa shape index (κ3) is 6.82. The van der Waals surface area contributed by atoms with E-state index in [0.29, 0.717) is 6.42 Å². The summed E-state index contributed by atoms with van der Waals surface area (Å²) in [5.41, 5.74) is 0. The number of ether oxygens (including phenoxy) is 1. The second-order valence-corrected chi connectivity index (χ2v) is 2.66. The van der Waals surface area contributed by atoms with Crippen LogP contribution in [0.3, 0.4) is 0 Å². The van der Waals surface area contributed by atoms with Crippen LogP contribution in [0.2, 0.25) is 0 Å². The number of carbonyl (C=O) groups excluding carboxylic acids is 1. The van der Waals surface area contributed by atoms with Crippen molar-refractivity contribution in [3.63, 3.8) is 0 Å². The Morgan fingerprint density at radius 1 is 1.62 bits per heavy atom. The van der Waals surface area contributed by atoms with Gasteiger partial charge in [0.25, 0.3) is 0 Å². The van der Waals surface area contributed by atoms with Crippen LogP contribution in [0, 0.1) is 0 Å². The first-order chi connectivity index (χ1) is 5.61. The summed E-state index contributed by atoms with van der Waals surface area (Å²) in [6.07, 6.45) is 2.10. The van der Waals surface area contributed by atoms with E-state index in [4.69, 9.17) is 4.74 Å². The molecule has 0 aromatic rings. The Labute approximate surface area is 89.6 Å². The average molecular weight is 236 g/mol. The third-order valence-electron chi connectivity index (χ3n) is 1.58. The molecule has 0 rings (SSSR count). The molecule has 1 radical (unpaired) electrons. The molecular weight excluding hydrogens is 220 g/mol. The SMILES string of the molecule is CCCC(=O)/C=C(\O)C(C)OC.[Cu]. The van der Waals surface area contributed by atoms with Gasteiger partial charge in [-0.15, -0.1) is 0 Å². The molecule has 1 N–H and O–H groups in total. The van der Waals surface area contributed by atoms with E-state index in [2.05, 4.69) is 0 Å². The summed E-state index contributed by atoms with van der Waals surface area (Å²) in [5, 5.41) is 9.23. The van der Waals surface area contributed by atoms with Crippen molar-refractivity contribution in [1.82, 2.24) is 0 Å². The van der Waals surface area contributed by atoms with Crippen LogP contribution in [-0.2, 0) is 26.6 Å². The zero-order chi connectivity index (χ0) is 9.56. The molecule has 0 aromatic heterocycles. The second kappa shape index (κ2) is 8.30. The smallest absolute Gasteiger partial charge is 0.159 e. The molecule has 1 unspecified atom stereocenters. The Kier molecular flexibility index (Phi) is 9.68. The predicted octanol–water partition coefficient (Wildman–Crippen LogP) is 1.83. The van der Waals surface area contributed by atoms with Crippen molar-refractivity contribution in [2.45, 2.75) is 32.8 Å². The van der Waals surface area contributed by atoms with Gasteiger partial charge in [0.2, 0.25) is 0 Å². The van der Waals surface area contributed by atoms with E-state index in [1.165, 1.54) is 13.2 Å². The summed E-state index contributed by atoms with van der Waals surface area (Å²) in [6, 6.07) is 0. The van der Waals surface area contributed by atoms with Gasteiger partial charge in [0, 0.05) is 36.7 Å². The summed E-state index contributed by atoms with van der Waals surface area (Å²) in [5.74, 6) is -0.0603. The molecule has 0 saturated heterocycles. The zero-order valence-electron chi connectivity index (χ0n) is 8.13. The Hall–Kier alpha value is -0.311. The fraction of sp³-hybridized carbons (Fsp3) is 0.667. The first kappa shape index (κ1) is 15.2. The van der Waals surface area contributed by atoms with Gasteiger partial charge in [0.05, 0.1) is 0 Å². The first-order valence-electron chi connectivity index (χ1n) is 4.08. The summed E-state index contributed by atoms with van der Waals surface area (Å²) < 4.78 is 4.82. The van der Waals surface area contributed by atoms with E-state index < -0.39 is 6.10 Å². The van der Waals surface area contributed by atoms with Gasteiger partial charge in [-0.3, -0.25) is 4.79 Å². The van der Waals surface area contributed by atoms with Crippen LogP contribution in [0.4, 0.5) is 0 Å². The molecule has 4 heteroatoms. The number of hydrogen-bond acceptors (Lipinski definition) is 3. The van der Waals surface area contributed by atoms with Crippen molar-refractivity contribution in [3.05, 3.63) is 11.8 Å². The van der Waals surface area contributed by atoms with Gasteiger partial charge < -0.3 is 9.84 Å². The Balaban J connectivity index is 0. The molecule has 1 atom stereocenters. The van der Waals surface area contributed by atoms with Crippen molar-refractivity contribution >= 4 is 5.78 Å². The van der Waals surface area contributed by atoms with E-state index in [1.807, 2.05) is 6.92 Å². The van der Waals surface area contributed by atoms with Crippen LogP contribution in [0.25, 0.3) is 0 Å². The molecule has 0 heterocycles. The summed E-state index contributed by atoms with van der Waals surface area (Å²) in [7, 11) is 1.49. The molecule has 3 nitrogen and oxygen atoms in total. The number of ketones is 1. The van der Waals surface area contributed by atoms with Crippen molar-refractivity contribution in [2.75, 3.05) is 7.11 Å². The number of allylic oxidation sites excluding steroid dienone is 1. The van der Waals surface area contributed by atoms with Gasteiger partial charge in [0.1, 0.15) is 11.9 Å². The van der Waals surface area contributed by atoms with Gasteiger partial charge in [-0.1, -0.05) is 6.92 Å². The maximum Gasteiger partial charge on any atom is 0.159 e. The van der Waals surface area contributed by atoms with Crippen molar-refractivity contribution in [1.29, 1.82) is 0 Å². The van der Waals surface area contributed by atoms with Gasteiger partial charge in [-0.2, -0.15) is 0 Å². The zero-order valence-corrected chi connectivity index (χ0v) is 9.08. The summed E-state index contributed by atoms with van der Waals surface area (Å²) in [4.78, 5) is 11.0. The van der Waals surface area contributed by atoms with Crippen LogP contribution in [-0.4, -0.2) is 24.1 Å². The molecule has 0 aliphatic carbocycles. The predicted molar refractivity (Wildman–Crippen MR) is 47.1 cm³/mol. The van der Waals surface area contributed by atoms with Crippen LogP contribution in [0.5, 0.6) is 0 Å². The number of aliphatic hydroxyl groups is 1. The number of methoxy groups -OCH3 is 1. The normalized spacial score (nSPS) is 13.3. The van der Waals surface area contributed by atoms with Crippen molar-refractivity contribution < 1.29 is 31.7 Å². The fourth-order valence-electron chi connectivity index (χ4n) is 0.722. The molecule has 13 heavy (non-hydrogen) atoms. The molecule has 0 amide bonds. The average Bonchev–Trinajstić information content (AvgIpc) is 2.03.